The Hall–Kier alpha value is -0.680. The molecule has 4 heteroatoms. The van der Waals surface area contributed by atoms with Gasteiger partial charge in [-0.2, -0.15) is 0 Å². The molecule has 0 aliphatic heterocycles. The number of benzene rings is 2. The Morgan fingerprint density at radius 3 is 2.06 bits per heavy atom. The highest BCUT2D eigenvalue weighted by molar-refractivity contribution is 9.10. The van der Waals surface area contributed by atoms with Gasteiger partial charge in [0.1, 0.15) is 0 Å². The Bertz CT molecular complexity index is 841. The van der Waals surface area contributed by atoms with Crippen LogP contribution in [0.2, 0.25) is 0 Å². The predicted molar refractivity (Wildman–Crippen MR) is 138 cm³/mol. The number of hydrogen-bond acceptors (Lipinski definition) is 2. The van der Waals surface area contributed by atoms with Crippen molar-refractivity contribution in [3.63, 3.8) is 0 Å². The van der Waals surface area contributed by atoms with Crippen molar-refractivity contribution >= 4 is 31.9 Å². The van der Waals surface area contributed by atoms with Gasteiger partial charge < -0.3 is 9.84 Å². The van der Waals surface area contributed by atoms with E-state index in [2.05, 4.69) is 96.0 Å². The molecule has 0 bridgehead atoms. The van der Waals surface area contributed by atoms with Crippen LogP contribution in [0.5, 0.6) is 0 Å². The Balaban J connectivity index is 2.00. The topological polar surface area (TPSA) is 29.5 Å². The van der Waals surface area contributed by atoms with Gasteiger partial charge in [-0.3, -0.25) is 0 Å². The first kappa shape index (κ1) is 25.0. The summed E-state index contributed by atoms with van der Waals surface area (Å²) in [6.07, 6.45) is 6.49. The van der Waals surface area contributed by atoms with Gasteiger partial charge in [0.2, 0.25) is 0 Å². The van der Waals surface area contributed by atoms with Crippen LogP contribution in [-0.2, 0) is 10.2 Å². The number of hydrogen-bond donors (Lipinski definition) is 1. The monoisotopic (exact) mass is 550 g/mol. The van der Waals surface area contributed by atoms with Gasteiger partial charge in [0, 0.05) is 14.4 Å². The first-order valence-electron chi connectivity index (χ1n) is 11.6. The van der Waals surface area contributed by atoms with E-state index in [9.17, 15) is 5.11 Å². The molecule has 2 nitrogen and oxygen atoms in total. The van der Waals surface area contributed by atoms with Gasteiger partial charge in [-0.15, -0.1) is 0 Å². The molecule has 1 aliphatic rings. The molecule has 31 heavy (non-hydrogen) atoms. The summed E-state index contributed by atoms with van der Waals surface area (Å²) in [4.78, 5) is 0. The van der Waals surface area contributed by atoms with Crippen LogP contribution in [0.3, 0.4) is 0 Å². The second kappa shape index (κ2) is 10.5. The number of ether oxygens (including phenoxy) is 1. The lowest BCUT2D eigenvalue weighted by Crippen LogP contribution is -2.31. The van der Waals surface area contributed by atoms with Crippen LogP contribution < -0.4 is 0 Å². The fourth-order valence-corrected chi connectivity index (χ4v) is 5.77. The molecule has 0 heterocycles. The van der Waals surface area contributed by atoms with E-state index >= 15 is 0 Å². The van der Waals surface area contributed by atoms with Crippen molar-refractivity contribution in [2.24, 2.45) is 5.92 Å². The van der Waals surface area contributed by atoms with E-state index in [1.807, 2.05) is 0 Å². The molecule has 0 saturated heterocycles. The molecule has 0 radical (unpaired) electrons. The Morgan fingerprint density at radius 2 is 1.58 bits per heavy atom. The van der Waals surface area contributed by atoms with E-state index in [1.54, 1.807) is 0 Å². The third-order valence-electron chi connectivity index (χ3n) is 7.03. The van der Waals surface area contributed by atoms with Crippen molar-refractivity contribution in [2.45, 2.75) is 77.2 Å². The molecular formula is C27H36Br2O2. The lowest BCUT2D eigenvalue weighted by Gasteiger charge is -2.35. The molecule has 0 saturated carbocycles. The highest BCUT2D eigenvalue weighted by Crippen LogP contribution is 2.55. The fraction of sp³-hybridized carbons (Fsp3) is 0.556. The Kier molecular flexibility index (Phi) is 8.45. The van der Waals surface area contributed by atoms with Crippen LogP contribution in [-0.4, -0.2) is 23.9 Å². The number of aliphatic hydroxyl groups excluding tert-OH is 1. The molecule has 170 valence electrons. The number of rotatable bonds is 11. The molecule has 3 rings (SSSR count). The number of aliphatic hydroxyl groups is 1. The molecule has 2 aromatic carbocycles. The summed E-state index contributed by atoms with van der Waals surface area (Å²) < 4.78 is 8.34. The molecule has 0 spiro atoms. The van der Waals surface area contributed by atoms with E-state index < -0.39 is 0 Å². The minimum atomic E-state index is -0.180. The van der Waals surface area contributed by atoms with Gasteiger partial charge in [0.15, 0.2) is 0 Å². The first-order valence-corrected chi connectivity index (χ1v) is 13.2. The summed E-state index contributed by atoms with van der Waals surface area (Å²) in [6.45, 7) is 9.50. The molecule has 1 aliphatic carbocycles. The molecule has 0 fully saturated rings. The number of halogens is 2. The fourth-order valence-electron chi connectivity index (χ4n) is 5.05. The van der Waals surface area contributed by atoms with Gasteiger partial charge in [-0.1, -0.05) is 64.8 Å². The van der Waals surface area contributed by atoms with Crippen molar-refractivity contribution in [1.82, 2.24) is 0 Å². The van der Waals surface area contributed by atoms with Crippen LogP contribution in [0, 0.1) is 5.92 Å². The van der Waals surface area contributed by atoms with Crippen LogP contribution in [0.4, 0.5) is 0 Å². The van der Waals surface area contributed by atoms with Gasteiger partial charge in [0.05, 0.1) is 18.8 Å². The predicted octanol–water partition coefficient (Wildman–Crippen LogP) is 8.26. The highest BCUT2D eigenvalue weighted by Gasteiger charge is 2.43. The number of fused-ring (bicyclic) bond motifs is 3. The van der Waals surface area contributed by atoms with Gasteiger partial charge in [-0.25, -0.2) is 0 Å². The largest absolute Gasteiger partial charge is 0.394 e. The maximum atomic E-state index is 9.22. The summed E-state index contributed by atoms with van der Waals surface area (Å²) in [6, 6.07) is 13.6. The van der Waals surface area contributed by atoms with Crippen LogP contribution in [0.25, 0.3) is 11.1 Å². The van der Waals surface area contributed by atoms with Crippen molar-refractivity contribution < 1.29 is 9.84 Å². The second-order valence-electron chi connectivity index (χ2n) is 9.62. The minimum absolute atomic E-state index is 0.0220. The van der Waals surface area contributed by atoms with Crippen molar-refractivity contribution in [1.29, 1.82) is 0 Å². The van der Waals surface area contributed by atoms with E-state index in [-0.39, 0.29) is 17.6 Å². The summed E-state index contributed by atoms with van der Waals surface area (Å²) >= 11 is 7.49. The summed E-state index contributed by atoms with van der Waals surface area (Å²) in [7, 11) is 0. The zero-order valence-corrected chi connectivity index (χ0v) is 22.5. The zero-order chi connectivity index (χ0) is 22.6. The molecule has 2 aromatic rings. The summed E-state index contributed by atoms with van der Waals surface area (Å²) in [5, 5.41) is 9.22. The average Bonchev–Trinajstić information content (AvgIpc) is 2.99. The Labute approximate surface area is 205 Å². The highest BCUT2D eigenvalue weighted by atomic mass is 79.9. The smallest absolute Gasteiger partial charge is 0.0705 e. The van der Waals surface area contributed by atoms with Crippen molar-refractivity contribution in [3.05, 3.63) is 56.5 Å². The summed E-state index contributed by atoms with van der Waals surface area (Å²) in [5.74, 6) is 0.664. The van der Waals surface area contributed by atoms with Gasteiger partial charge >= 0.3 is 0 Å². The minimum Gasteiger partial charge on any atom is -0.394 e. The van der Waals surface area contributed by atoms with Crippen LogP contribution in [0.15, 0.2) is 45.3 Å². The zero-order valence-electron chi connectivity index (χ0n) is 19.3. The first-order chi connectivity index (χ1) is 14.7. The molecule has 1 atom stereocenters. The van der Waals surface area contributed by atoms with Crippen molar-refractivity contribution in [2.75, 3.05) is 13.2 Å². The van der Waals surface area contributed by atoms with E-state index in [0.717, 1.165) is 41.0 Å². The SMILES string of the molecule is CCC(C)(CCCC1(CCC(C)C)c2cc(Br)ccc2-c2ccc(Br)cc21)OCCO. The van der Waals surface area contributed by atoms with Crippen molar-refractivity contribution in [3.8, 4) is 11.1 Å². The van der Waals surface area contributed by atoms with Crippen LogP contribution in [0.1, 0.15) is 77.3 Å². The molecular weight excluding hydrogens is 516 g/mol. The Morgan fingerprint density at radius 1 is 1.00 bits per heavy atom. The third kappa shape index (κ3) is 5.46. The van der Waals surface area contributed by atoms with Crippen LogP contribution >= 0.6 is 31.9 Å². The lowest BCUT2D eigenvalue weighted by atomic mass is 9.69. The van der Waals surface area contributed by atoms with E-state index in [0.29, 0.717) is 12.5 Å². The molecule has 0 aromatic heterocycles. The molecule has 1 unspecified atom stereocenters. The van der Waals surface area contributed by atoms with E-state index in [4.69, 9.17) is 4.74 Å². The van der Waals surface area contributed by atoms with Gasteiger partial charge in [-0.05, 0) is 97.9 Å². The second-order valence-corrected chi connectivity index (χ2v) is 11.5. The maximum Gasteiger partial charge on any atom is 0.0705 e. The quantitative estimate of drug-likeness (QED) is 0.304. The normalized spacial score (nSPS) is 16.3. The average molecular weight is 552 g/mol. The molecule has 1 N–H and O–H groups in total. The lowest BCUT2D eigenvalue weighted by molar-refractivity contribution is -0.0551. The van der Waals surface area contributed by atoms with Gasteiger partial charge in [0.25, 0.3) is 0 Å². The standard InChI is InChI=1S/C27H36Br2O2/c1-5-26(4,31-16-15-30)12-6-13-27(14-11-19(2)3)24-17-20(28)7-9-22(24)23-10-8-21(29)18-25(23)27/h7-10,17-19,30H,5-6,11-16H2,1-4H3. The van der Waals surface area contributed by atoms with E-state index in [1.165, 1.54) is 28.7 Å². The maximum absolute atomic E-state index is 9.22. The summed E-state index contributed by atoms with van der Waals surface area (Å²) in [5.41, 5.74) is 5.53. The molecule has 0 amide bonds. The third-order valence-corrected chi connectivity index (χ3v) is 8.02.